The molecule has 0 saturated carbocycles. The van der Waals surface area contributed by atoms with E-state index >= 15 is 0 Å². The Bertz CT molecular complexity index is 468. The summed E-state index contributed by atoms with van der Waals surface area (Å²) in [5.74, 6) is -8.23. The van der Waals surface area contributed by atoms with Gasteiger partial charge in [-0.1, -0.05) is 13.8 Å². The van der Waals surface area contributed by atoms with Gasteiger partial charge in [-0.05, 0) is 5.92 Å². The number of aromatic nitrogens is 1. The fraction of sp³-hybridized carbons (Fsp3) is 0.455. The van der Waals surface area contributed by atoms with Gasteiger partial charge in [0, 0.05) is 0 Å². The Morgan fingerprint density at radius 1 is 1.16 bits per heavy atom. The fourth-order valence-corrected chi connectivity index (χ4v) is 1.39. The number of pyridine rings is 1. The van der Waals surface area contributed by atoms with Crippen LogP contribution in [0.4, 0.5) is 23.2 Å². The minimum Gasteiger partial charge on any atom is -0.467 e. The van der Waals surface area contributed by atoms with Gasteiger partial charge in [-0.15, -0.1) is 0 Å². The molecule has 1 N–H and O–H groups in total. The predicted molar refractivity (Wildman–Crippen MR) is 58.3 cm³/mol. The molecule has 0 spiro atoms. The van der Waals surface area contributed by atoms with E-state index in [1.165, 1.54) is 0 Å². The van der Waals surface area contributed by atoms with Gasteiger partial charge < -0.3 is 10.1 Å². The fourth-order valence-electron chi connectivity index (χ4n) is 1.39. The van der Waals surface area contributed by atoms with Gasteiger partial charge in [-0.25, -0.2) is 4.79 Å². The van der Waals surface area contributed by atoms with Crippen molar-refractivity contribution in [1.82, 2.24) is 4.98 Å². The van der Waals surface area contributed by atoms with Crippen LogP contribution in [0.5, 0.6) is 0 Å². The molecule has 0 aromatic carbocycles. The molecule has 0 fully saturated rings. The number of esters is 1. The third kappa shape index (κ3) is 3.12. The molecule has 1 unspecified atom stereocenters. The van der Waals surface area contributed by atoms with Crippen molar-refractivity contribution < 1.29 is 27.1 Å². The number of hydrogen-bond acceptors (Lipinski definition) is 4. The quantitative estimate of drug-likeness (QED) is 0.522. The number of carbonyl (C=O) groups excluding carboxylic acids is 1. The summed E-state index contributed by atoms with van der Waals surface area (Å²) in [6.45, 7) is 3.14. The van der Waals surface area contributed by atoms with E-state index in [1.54, 1.807) is 13.8 Å². The van der Waals surface area contributed by atoms with Gasteiger partial charge in [0.25, 0.3) is 11.9 Å². The van der Waals surface area contributed by atoms with E-state index < -0.39 is 47.1 Å². The average molecular weight is 280 g/mol. The van der Waals surface area contributed by atoms with Crippen LogP contribution in [0, 0.1) is 29.4 Å². The Morgan fingerprint density at radius 3 is 2.00 bits per heavy atom. The zero-order chi connectivity index (χ0) is 14.7. The molecule has 1 atom stereocenters. The van der Waals surface area contributed by atoms with E-state index in [-0.39, 0.29) is 0 Å². The predicted octanol–water partition coefficient (Wildman–Crippen LogP) is 2.25. The second-order valence-corrected chi connectivity index (χ2v) is 4.09. The Morgan fingerprint density at radius 2 is 1.63 bits per heavy atom. The van der Waals surface area contributed by atoms with Crippen molar-refractivity contribution in [1.29, 1.82) is 0 Å². The molecule has 4 nitrogen and oxygen atoms in total. The van der Waals surface area contributed by atoms with Crippen molar-refractivity contribution in [3.63, 3.8) is 0 Å². The van der Waals surface area contributed by atoms with E-state index in [4.69, 9.17) is 0 Å². The molecule has 1 heterocycles. The van der Waals surface area contributed by atoms with Gasteiger partial charge in [0.2, 0.25) is 11.6 Å². The molecular formula is C11H12F4N2O2. The molecule has 0 aliphatic carbocycles. The Balaban J connectivity index is 3.20. The third-order valence-corrected chi connectivity index (χ3v) is 2.42. The van der Waals surface area contributed by atoms with Crippen molar-refractivity contribution in [3.05, 3.63) is 23.5 Å². The first kappa shape index (κ1) is 15.2. The van der Waals surface area contributed by atoms with Crippen LogP contribution < -0.4 is 5.32 Å². The van der Waals surface area contributed by atoms with Crippen LogP contribution in [-0.4, -0.2) is 24.1 Å². The van der Waals surface area contributed by atoms with Crippen molar-refractivity contribution in [2.45, 2.75) is 19.9 Å². The van der Waals surface area contributed by atoms with Crippen molar-refractivity contribution >= 4 is 11.7 Å². The highest BCUT2D eigenvalue weighted by Gasteiger charge is 2.28. The van der Waals surface area contributed by atoms with Crippen LogP contribution in [0.3, 0.4) is 0 Å². The van der Waals surface area contributed by atoms with Gasteiger partial charge in [0.15, 0.2) is 0 Å². The highest BCUT2D eigenvalue weighted by atomic mass is 19.2. The van der Waals surface area contributed by atoms with Gasteiger partial charge in [0.1, 0.15) is 11.7 Å². The van der Waals surface area contributed by atoms with Crippen molar-refractivity contribution in [2.24, 2.45) is 5.92 Å². The maximum Gasteiger partial charge on any atom is 0.328 e. The Kier molecular flexibility index (Phi) is 4.68. The largest absolute Gasteiger partial charge is 0.467 e. The number of carbonyl (C=O) groups is 1. The highest BCUT2D eigenvalue weighted by Crippen LogP contribution is 2.24. The molecule has 1 rings (SSSR count). The monoisotopic (exact) mass is 280 g/mol. The van der Waals surface area contributed by atoms with Crippen LogP contribution in [0.25, 0.3) is 0 Å². The average Bonchev–Trinajstić information content (AvgIpc) is 2.35. The molecule has 0 radical (unpaired) electrons. The third-order valence-electron chi connectivity index (χ3n) is 2.42. The van der Waals surface area contributed by atoms with Crippen LogP contribution in [0.1, 0.15) is 13.8 Å². The van der Waals surface area contributed by atoms with Gasteiger partial charge in [0.05, 0.1) is 7.11 Å². The van der Waals surface area contributed by atoms with Crippen LogP contribution in [0.2, 0.25) is 0 Å². The topological polar surface area (TPSA) is 51.2 Å². The van der Waals surface area contributed by atoms with Crippen molar-refractivity contribution in [2.75, 3.05) is 12.4 Å². The summed E-state index contributed by atoms with van der Waals surface area (Å²) in [5.41, 5.74) is -1.09. The molecule has 8 heteroatoms. The number of methoxy groups -OCH3 is 1. The molecule has 106 valence electrons. The Hall–Kier alpha value is -1.86. The summed E-state index contributed by atoms with van der Waals surface area (Å²) in [6.07, 6.45) is 0. The van der Waals surface area contributed by atoms with Crippen LogP contribution in [-0.2, 0) is 9.53 Å². The first-order chi connectivity index (χ1) is 8.79. The number of halogens is 4. The summed E-state index contributed by atoms with van der Waals surface area (Å²) in [5, 5.41) is 2.10. The molecule has 0 bridgehead atoms. The second-order valence-electron chi connectivity index (χ2n) is 4.09. The summed E-state index contributed by atoms with van der Waals surface area (Å²) in [7, 11) is 1.08. The smallest absolute Gasteiger partial charge is 0.328 e. The number of rotatable bonds is 4. The molecule has 0 aliphatic heterocycles. The minimum absolute atomic E-state index is 0.425. The number of ether oxygens (including phenoxy) is 1. The zero-order valence-corrected chi connectivity index (χ0v) is 10.4. The molecular weight excluding hydrogens is 268 g/mol. The lowest BCUT2D eigenvalue weighted by atomic mass is 10.0. The maximum absolute atomic E-state index is 13.4. The minimum atomic E-state index is -1.80. The van der Waals surface area contributed by atoms with E-state index in [1.807, 2.05) is 0 Å². The molecule has 0 amide bonds. The molecule has 0 aliphatic rings. The maximum atomic E-state index is 13.4. The normalized spacial score (nSPS) is 12.4. The molecule has 0 saturated heterocycles. The lowest BCUT2D eigenvalue weighted by Gasteiger charge is -2.21. The van der Waals surface area contributed by atoms with E-state index in [2.05, 4.69) is 15.0 Å². The molecule has 1 aromatic heterocycles. The van der Waals surface area contributed by atoms with E-state index in [0.29, 0.717) is 0 Å². The summed E-state index contributed by atoms with van der Waals surface area (Å²) < 4.78 is 57.0. The Labute approximate surface area is 106 Å². The van der Waals surface area contributed by atoms with Gasteiger partial charge in [-0.3, -0.25) is 0 Å². The summed E-state index contributed by atoms with van der Waals surface area (Å²) in [6, 6.07) is -1.16. The molecule has 1 aromatic rings. The number of anilines is 1. The van der Waals surface area contributed by atoms with E-state index in [9.17, 15) is 22.4 Å². The van der Waals surface area contributed by atoms with Crippen LogP contribution in [0.15, 0.2) is 0 Å². The number of hydrogen-bond donors (Lipinski definition) is 1. The number of nitrogens with one attached hydrogen (secondary N) is 1. The van der Waals surface area contributed by atoms with Gasteiger partial charge in [-0.2, -0.15) is 22.5 Å². The lowest BCUT2D eigenvalue weighted by molar-refractivity contribution is -0.142. The zero-order valence-electron chi connectivity index (χ0n) is 10.4. The lowest BCUT2D eigenvalue weighted by Crippen LogP contribution is -2.36. The summed E-state index contributed by atoms with van der Waals surface area (Å²) >= 11 is 0. The van der Waals surface area contributed by atoms with Gasteiger partial charge >= 0.3 is 5.97 Å². The van der Waals surface area contributed by atoms with Crippen LogP contribution >= 0.6 is 0 Å². The standard InChI is InChI=1S/C11H12F4N2O2/c1-4(2)7(11(18)19-3)16-8-5(12)9(14)17-10(15)6(8)13/h4,7H,1-3H3,(H,16,17). The van der Waals surface area contributed by atoms with Crippen molar-refractivity contribution in [3.8, 4) is 0 Å². The molecule has 19 heavy (non-hydrogen) atoms. The van der Waals surface area contributed by atoms with E-state index in [0.717, 1.165) is 7.11 Å². The SMILES string of the molecule is COC(=O)C(Nc1c(F)c(F)nc(F)c1F)C(C)C. The summed E-state index contributed by atoms with van der Waals surface area (Å²) in [4.78, 5) is 13.8. The first-order valence-corrected chi connectivity index (χ1v) is 5.34. The first-order valence-electron chi connectivity index (χ1n) is 5.34. The second kappa shape index (κ2) is 5.85. The highest BCUT2D eigenvalue weighted by molar-refractivity contribution is 5.79. The number of nitrogens with zero attached hydrogens (tertiary/aromatic N) is 1.